The molecule has 128 valence electrons. The predicted molar refractivity (Wildman–Crippen MR) is 88.1 cm³/mol. The average molecular weight is 352 g/mol. The summed E-state index contributed by atoms with van der Waals surface area (Å²) in [7, 11) is 0. The molecule has 0 amide bonds. The van der Waals surface area contributed by atoms with Crippen LogP contribution in [0, 0.1) is 34.3 Å². The van der Waals surface area contributed by atoms with Gasteiger partial charge in [0.2, 0.25) is 5.90 Å². The molecule has 26 heavy (non-hydrogen) atoms. The fourth-order valence-electron chi connectivity index (χ4n) is 3.23. The third-order valence-electron chi connectivity index (χ3n) is 4.39. The quantitative estimate of drug-likeness (QED) is 0.676. The van der Waals surface area contributed by atoms with Crippen molar-refractivity contribution in [2.75, 3.05) is 0 Å². The number of rotatable bonds is 1. The van der Waals surface area contributed by atoms with Gasteiger partial charge in [-0.25, -0.2) is 13.6 Å². The molecule has 4 rings (SSSR count). The van der Waals surface area contributed by atoms with Crippen LogP contribution in [0.1, 0.15) is 17.0 Å². The molecule has 0 fully saturated rings. The minimum Gasteiger partial charge on any atom is -0.441 e. The molecule has 1 aliphatic rings. The minimum absolute atomic E-state index is 0.0296. The third-order valence-corrected chi connectivity index (χ3v) is 4.39. The van der Waals surface area contributed by atoms with Crippen molar-refractivity contribution in [1.82, 2.24) is 0 Å². The lowest BCUT2D eigenvalue weighted by atomic mass is 9.79. The normalized spacial score (nSPS) is 18.9. The summed E-state index contributed by atoms with van der Waals surface area (Å²) in [5.74, 6) is -5.20. The monoisotopic (exact) mass is 352 g/mol. The number of hydrogen-bond donors (Lipinski definition) is 1. The first kappa shape index (κ1) is 16.0. The molecule has 2 unspecified atom stereocenters. The van der Waals surface area contributed by atoms with Crippen LogP contribution in [-0.2, 0) is 0 Å². The molecule has 3 aromatic rings. The number of hydrogen-bond acceptors (Lipinski definition) is 5. The van der Waals surface area contributed by atoms with Crippen LogP contribution in [0.25, 0.3) is 11.0 Å². The second-order valence-electron chi connectivity index (χ2n) is 5.82. The summed E-state index contributed by atoms with van der Waals surface area (Å²) < 4.78 is 38.9. The topological polar surface area (TPSA) is 87.1 Å². The van der Waals surface area contributed by atoms with E-state index in [1.165, 1.54) is 12.1 Å². The van der Waals surface area contributed by atoms with E-state index in [0.29, 0.717) is 5.39 Å². The van der Waals surface area contributed by atoms with Crippen molar-refractivity contribution in [3.63, 3.8) is 0 Å². The maximum Gasteiger partial charge on any atom is 0.343 e. The van der Waals surface area contributed by atoms with Crippen LogP contribution in [0.2, 0.25) is 0 Å². The van der Waals surface area contributed by atoms with Gasteiger partial charge in [0.1, 0.15) is 11.5 Å². The van der Waals surface area contributed by atoms with E-state index < -0.39 is 35.0 Å². The summed E-state index contributed by atoms with van der Waals surface area (Å²) in [5.41, 5.74) is -0.887. The molecule has 0 aliphatic carbocycles. The number of halogens is 2. The molecular formula is C19H10F2N2O3. The fraction of sp³-hybridized carbons (Fsp3) is 0.105. The summed E-state index contributed by atoms with van der Waals surface area (Å²) >= 11 is 0. The van der Waals surface area contributed by atoms with Crippen LogP contribution in [-0.4, -0.2) is 5.90 Å². The highest BCUT2D eigenvalue weighted by Gasteiger charge is 2.42. The van der Waals surface area contributed by atoms with Crippen molar-refractivity contribution in [2.45, 2.75) is 5.92 Å². The lowest BCUT2D eigenvalue weighted by Crippen LogP contribution is -2.35. The van der Waals surface area contributed by atoms with E-state index in [1.54, 1.807) is 24.3 Å². The summed E-state index contributed by atoms with van der Waals surface area (Å²) in [6.45, 7) is 0. The Hall–Kier alpha value is -3.53. The minimum atomic E-state index is -1.29. The molecule has 2 aromatic carbocycles. The molecule has 2 heterocycles. The van der Waals surface area contributed by atoms with Crippen molar-refractivity contribution in [3.05, 3.63) is 75.6 Å². The van der Waals surface area contributed by atoms with E-state index in [1.807, 2.05) is 6.07 Å². The number of ether oxygens (including phenoxy) is 1. The van der Waals surface area contributed by atoms with Gasteiger partial charge in [-0.3, -0.25) is 5.41 Å². The molecule has 0 saturated heterocycles. The zero-order chi connectivity index (χ0) is 18.4. The average Bonchev–Trinajstić information content (AvgIpc) is 2.63. The summed E-state index contributed by atoms with van der Waals surface area (Å²) in [6.07, 6.45) is 0. The van der Waals surface area contributed by atoms with E-state index >= 15 is 0 Å². The lowest BCUT2D eigenvalue weighted by molar-refractivity contribution is 0.419. The Balaban J connectivity index is 2.11. The Morgan fingerprint density at radius 1 is 1.12 bits per heavy atom. The van der Waals surface area contributed by atoms with Crippen LogP contribution >= 0.6 is 0 Å². The largest absolute Gasteiger partial charge is 0.441 e. The predicted octanol–water partition coefficient (Wildman–Crippen LogP) is 3.71. The molecule has 1 aromatic heterocycles. The zero-order valence-corrected chi connectivity index (χ0v) is 13.1. The molecule has 1 aliphatic heterocycles. The zero-order valence-electron chi connectivity index (χ0n) is 13.1. The van der Waals surface area contributed by atoms with Crippen LogP contribution in [0.4, 0.5) is 8.78 Å². The van der Waals surface area contributed by atoms with Gasteiger partial charge < -0.3 is 9.15 Å². The van der Waals surface area contributed by atoms with Crippen molar-refractivity contribution < 1.29 is 17.9 Å². The maximum atomic E-state index is 14.4. The van der Waals surface area contributed by atoms with E-state index in [4.69, 9.17) is 14.6 Å². The molecule has 5 nitrogen and oxygen atoms in total. The molecule has 7 heteroatoms. The number of benzene rings is 2. The van der Waals surface area contributed by atoms with Gasteiger partial charge in [0.05, 0.1) is 17.0 Å². The second-order valence-corrected chi connectivity index (χ2v) is 5.82. The lowest BCUT2D eigenvalue weighted by Gasteiger charge is -2.29. The van der Waals surface area contributed by atoms with Crippen molar-refractivity contribution in [3.8, 4) is 11.8 Å². The standard InChI is InChI=1S/C19H10F2N2O3/c20-12-6-3-5-10(16(12)21)14-11(8-22)18(23)26-17-9-4-1-2-7-13(9)25-19(24)15(14)17/h1-7,11,14,23H. The van der Waals surface area contributed by atoms with Gasteiger partial charge in [0.15, 0.2) is 17.4 Å². The third kappa shape index (κ3) is 2.19. The molecule has 0 spiro atoms. The van der Waals surface area contributed by atoms with Crippen molar-refractivity contribution in [2.24, 2.45) is 5.92 Å². The van der Waals surface area contributed by atoms with E-state index in [0.717, 1.165) is 6.07 Å². The Bertz CT molecular complexity index is 1160. The highest BCUT2D eigenvalue weighted by Crippen LogP contribution is 2.44. The van der Waals surface area contributed by atoms with Crippen LogP contribution in [0.15, 0.2) is 51.7 Å². The number of nitrogens with zero attached hydrogens (tertiary/aromatic N) is 1. The van der Waals surface area contributed by atoms with Crippen LogP contribution in [0.3, 0.4) is 0 Å². The van der Waals surface area contributed by atoms with Gasteiger partial charge in [-0.1, -0.05) is 24.3 Å². The summed E-state index contributed by atoms with van der Waals surface area (Å²) in [4.78, 5) is 12.6. The summed E-state index contributed by atoms with van der Waals surface area (Å²) in [5, 5.41) is 17.9. The highest BCUT2D eigenvalue weighted by atomic mass is 19.2. The van der Waals surface area contributed by atoms with Gasteiger partial charge >= 0.3 is 5.63 Å². The molecule has 0 bridgehead atoms. The molecule has 0 saturated carbocycles. The fourth-order valence-corrected chi connectivity index (χ4v) is 3.23. The van der Waals surface area contributed by atoms with Gasteiger partial charge in [-0.15, -0.1) is 0 Å². The molecule has 1 N–H and O–H groups in total. The van der Waals surface area contributed by atoms with Gasteiger partial charge in [0.25, 0.3) is 0 Å². The Morgan fingerprint density at radius 3 is 2.65 bits per heavy atom. The first-order valence-electron chi connectivity index (χ1n) is 7.68. The Morgan fingerprint density at radius 2 is 1.88 bits per heavy atom. The van der Waals surface area contributed by atoms with Crippen molar-refractivity contribution >= 4 is 16.9 Å². The van der Waals surface area contributed by atoms with Gasteiger partial charge in [-0.2, -0.15) is 5.26 Å². The van der Waals surface area contributed by atoms with Crippen LogP contribution in [0.5, 0.6) is 5.75 Å². The number of fused-ring (bicyclic) bond motifs is 3. The first-order valence-corrected chi connectivity index (χ1v) is 7.68. The van der Waals surface area contributed by atoms with Crippen LogP contribution < -0.4 is 10.4 Å². The van der Waals surface area contributed by atoms with E-state index in [-0.39, 0.29) is 22.5 Å². The Kier molecular flexibility index (Phi) is 3.55. The van der Waals surface area contributed by atoms with Gasteiger partial charge in [-0.05, 0) is 18.2 Å². The van der Waals surface area contributed by atoms with Gasteiger partial charge in [0, 0.05) is 11.5 Å². The Labute approximate surface area is 145 Å². The number of nitriles is 1. The summed E-state index contributed by atoms with van der Waals surface area (Å²) in [6, 6.07) is 11.9. The number of nitrogens with one attached hydrogen (secondary N) is 1. The van der Waals surface area contributed by atoms with Crippen molar-refractivity contribution in [1.29, 1.82) is 10.7 Å². The maximum absolute atomic E-state index is 14.4. The van der Waals surface area contributed by atoms with E-state index in [9.17, 15) is 18.8 Å². The smallest absolute Gasteiger partial charge is 0.343 e. The first-order chi connectivity index (χ1) is 12.5. The highest BCUT2D eigenvalue weighted by molar-refractivity contribution is 5.93. The molecule has 2 atom stereocenters. The SMILES string of the molecule is N#CC1C(=N)Oc2c(c(=O)oc3ccccc23)C1c1cccc(F)c1F. The molecule has 0 radical (unpaired) electrons. The molecular weight excluding hydrogens is 342 g/mol. The number of para-hydroxylation sites is 1. The van der Waals surface area contributed by atoms with E-state index in [2.05, 4.69) is 0 Å². The second kappa shape index (κ2) is 5.77.